The number of ether oxygens (including phenoxy) is 4. The van der Waals surface area contributed by atoms with Gasteiger partial charge in [-0.2, -0.15) is 0 Å². The molecule has 0 saturated carbocycles. The maximum absolute atomic E-state index is 14.7. The highest BCUT2D eigenvalue weighted by molar-refractivity contribution is 6.34. The molecular formula is C54H66N2O8. The molecule has 0 atom stereocenters. The molecule has 0 heterocycles. The van der Waals surface area contributed by atoms with Crippen molar-refractivity contribution < 1.29 is 38.7 Å². The van der Waals surface area contributed by atoms with Crippen LogP contribution in [0.4, 0.5) is 17.1 Å². The van der Waals surface area contributed by atoms with E-state index in [2.05, 4.69) is 26.1 Å². The predicted octanol–water partition coefficient (Wildman–Crippen LogP) is 14.4. The Bertz CT molecular complexity index is 2290. The van der Waals surface area contributed by atoms with E-state index in [1.54, 1.807) is 48.5 Å². The van der Waals surface area contributed by atoms with Gasteiger partial charge in [0.15, 0.2) is 23.0 Å². The zero-order valence-corrected chi connectivity index (χ0v) is 37.9. The van der Waals surface area contributed by atoms with E-state index in [0.717, 1.165) is 64.2 Å². The van der Waals surface area contributed by atoms with Gasteiger partial charge in [0.2, 0.25) is 11.6 Å². The molecule has 0 aromatic heterocycles. The quantitative estimate of drug-likeness (QED) is 0.0224. The summed E-state index contributed by atoms with van der Waals surface area (Å²) in [6, 6.07) is 24.6. The molecule has 64 heavy (non-hydrogen) atoms. The molecule has 5 N–H and O–H groups in total. The van der Waals surface area contributed by atoms with Crippen molar-refractivity contribution >= 4 is 28.6 Å². The maximum Gasteiger partial charge on any atom is 0.200 e. The largest absolute Gasteiger partial charge is 0.504 e. The predicted molar refractivity (Wildman–Crippen MR) is 256 cm³/mol. The molecule has 5 aromatic carbocycles. The fraction of sp³-hybridized carbons (Fsp3) is 0.407. The highest BCUT2D eigenvalue weighted by atomic mass is 16.5. The standard InChI is InChI=1S/C54H66N2O8/c1-4-7-10-13-14-15-16-17-20-37-21-23-38(24-22-37)56-44-36-46(64-42-31-27-40(28-32-42)62-34-19-12-9-6-3)52(58)50-48(44)54(60)49-47(53(50)59)43(55)35-45(51(49)57)63-41-29-25-39(26-30-41)61-33-18-11-8-5-2/h21-32,35-36,56-58H,4-20,33-34,55H2,1-3H3. The van der Waals surface area contributed by atoms with Crippen molar-refractivity contribution in [2.24, 2.45) is 0 Å². The van der Waals surface area contributed by atoms with E-state index in [1.807, 2.05) is 24.3 Å². The van der Waals surface area contributed by atoms with Crippen LogP contribution in [-0.2, 0) is 6.42 Å². The van der Waals surface area contributed by atoms with Crippen molar-refractivity contribution in [1.82, 2.24) is 0 Å². The lowest BCUT2D eigenvalue weighted by Crippen LogP contribution is -2.24. The minimum absolute atomic E-state index is 0.0541. The maximum atomic E-state index is 14.7. The van der Waals surface area contributed by atoms with Gasteiger partial charge in [0.25, 0.3) is 0 Å². The van der Waals surface area contributed by atoms with E-state index >= 15 is 0 Å². The average Bonchev–Trinajstić information content (AvgIpc) is 3.30. The summed E-state index contributed by atoms with van der Waals surface area (Å²) >= 11 is 0. The molecule has 0 saturated heterocycles. The number of ketones is 2. The van der Waals surface area contributed by atoms with Crippen LogP contribution in [-0.4, -0.2) is 35.0 Å². The first-order valence-corrected chi connectivity index (χ1v) is 23.5. The Kier molecular flexibility index (Phi) is 17.8. The Morgan fingerprint density at radius 1 is 0.484 bits per heavy atom. The highest BCUT2D eigenvalue weighted by Crippen LogP contribution is 2.50. The Labute approximate surface area is 379 Å². The summed E-state index contributed by atoms with van der Waals surface area (Å²) in [5.74, 6) is -0.605. The lowest BCUT2D eigenvalue weighted by molar-refractivity contribution is 0.0974. The number of hydrogen-bond donors (Lipinski definition) is 4. The van der Waals surface area contributed by atoms with Gasteiger partial charge in [0, 0.05) is 23.5 Å². The van der Waals surface area contributed by atoms with Crippen LogP contribution in [0.1, 0.15) is 161 Å². The van der Waals surface area contributed by atoms with Crippen LogP contribution in [0.2, 0.25) is 0 Å². The Hall–Kier alpha value is -6.16. The minimum atomic E-state index is -0.747. The highest BCUT2D eigenvalue weighted by Gasteiger charge is 2.40. The number of rotatable bonds is 27. The number of aryl methyl sites for hydroxylation is 1. The van der Waals surface area contributed by atoms with Crippen LogP contribution >= 0.6 is 0 Å². The Morgan fingerprint density at radius 2 is 0.906 bits per heavy atom. The molecule has 0 aliphatic heterocycles. The van der Waals surface area contributed by atoms with Crippen LogP contribution in [0.5, 0.6) is 46.0 Å². The number of nitrogens with two attached hydrogens (primary N) is 1. The number of carbonyl (C=O) groups excluding carboxylic acids is 2. The second kappa shape index (κ2) is 24.1. The number of nitrogens with one attached hydrogen (secondary N) is 1. The number of phenolic OH excluding ortho intramolecular Hbond substituents is 2. The van der Waals surface area contributed by atoms with Crippen molar-refractivity contribution in [3.8, 4) is 46.0 Å². The SMILES string of the molecule is CCCCCCCCCCc1ccc(Nc2cc(Oc3ccc(OCCCCCC)cc3)c(O)c3c2C(=O)c2c(O)c(Oc4ccc(OCCCCCC)cc4)cc(N)c2C3=O)cc1. The van der Waals surface area contributed by atoms with E-state index < -0.39 is 23.1 Å². The van der Waals surface area contributed by atoms with Crippen molar-refractivity contribution in [2.75, 3.05) is 24.3 Å². The Morgan fingerprint density at radius 3 is 1.42 bits per heavy atom. The number of fused-ring (bicyclic) bond motifs is 2. The minimum Gasteiger partial charge on any atom is -0.504 e. The molecule has 6 rings (SSSR count). The van der Waals surface area contributed by atoms with Gasteiger partial charge in [0.05, 0.1) is 41.2 Å². The second-order valence-corrected chi connectivity index (χ2v) is 16.8. The first-order valence-electron chi connectivity index (χ1n) is 23.5. The van der Waals surface area contributed by atoms with Crippen LogP contribution in [0.25, 0.3) is 0 Å². The number of anilines is 3. The molecule has 0 unspecified atom stereocenters. The van der Waals surface area contributed by atoms with Gasteiger partial charge in [0.1, 0.15) is 23.0 Å². The second-order valence-electron chi connectivity index (χ2n) is 16.8. The van der Waals surface area contributed by atoms with E-state index in [4.69, 9.17) is 24.7 Å². The fourth-order valence-electron chi connectivity index (χ4n) is 8.02. The summed E-state index contributed by atoms with van der Waals surface area (Å²) < 4.78 is 24.0. The van der Waals surface area contributed by atoms with E-state index in [-0.39, 0.29) is 45.1 Å². The molecule has 10 nitrogen and oxygen atoms in total. The molecule has 0 spiro atoms. The third-order valence-corrected chi connectivity index (χ3v) is 11.7. The number of unbranched alkanes of at least 4 members (excludes halogenated alkanes) is 13. The number of phenols is 2. The van der Waals surface area contributed by atoms with Gasteiger partial charge in [-0.05, 0) is 91.9 Å². The summed E-state index contributed by atoms with van der Waals surface area (Å²) in [5, 5.41) is 26.8. The molecule has 0 fully saturated rings. The van der Waals surface area contributed by atoms with Gasteiger partial charge >= 0.3 is 0 Å². The number of aromatic hydroxyl groups is 2. The number of nitrogen functional groups attached to an aromatic ring is 1. The monoisotopic (exact) mass is 870 g/mol. The molecule has 0 bridgehead atoms. The third kappa shape index (κ3) is 12.5. The molecule has 0 radical (unpaired) electrons. The fourth-order valence-corrected chi connectivity index (χ4v) is 8.02. The van der Waals surface area contributed by atoms with E-state index in [0.29, 0.717) is 41.9 Å². The number of carbonyl (C=O) groups is 2. The van der Waals surface area contributed by atoms with Crippen LogP contribution in [0, 0.1) is 0 Å². The number of benzene rings is 5. The summed E-state index contributed by atoms with van der Waals surface area (Å²) in [4.78, 5) is 29.2. The van der Waals surface area contributed by atoms with Gasteiger partial charge in [-0.15, -0.1) is 0 Å². The van der Waals surface area contributed by atoms with Crippen molar-refractivity contribution in [3.05, 3.63) is 113 Å². The van der Waals surface area contributed by atoms with Crippen LogP contribution in [0.15, 0.2) is 84.9 Å². The Balaban J connectivity index is 1.26. The van der Waals surface area contributed by atoms with Crippen molar-refractivity contribution in [3.63, 3.8) is 0 Å². The molecule has 10 heteroatoms. The molecular weight excluding hydrogens is 805 g/mol. The van der Waals surface area contributed by atoms with Gasteiger partial charge in [-0.3, -0.25) is 9.59 Å². The molecule has 340 valence electrons. The van der Waals surface area contributed by atoms with E-state index in [9.17, 15) is 19.8 Å². The lowest BCUT2D eigenvalue weighted by atomic mass is 9.81. The molecule has 0 amide bonds. The van der Waals surface area contributed by atoms with Crippen molar-refractivity contribution in [1.29, 1.82) is 0 Å². The summed E-state index contributed by atoms with van der Waals surface area (Å²) in [5.41, 5.74) is 7.46. The topological polar surface area (TPSA) is 150 Å². The van der Waals surface area contributed by atoms with Crippen molar-refractivity contribution in [2.45, 2.75) is 130 Å². The number of hydrogen-bond acceptors (Lipinski definition) is 10. The third-order valence-electron chi connectivity index (χ3n) is 11.7. The lowest BCUT2D eigenvalue weighted by Gasteiger charge is -2.25. The van der Waals surface area contributed by atoms with Crippen LogP contribution in [0.3, 0.4) is 0 Å². The van der Waals surface area contributed by atoms with Gasteiger partial charge in [-0.25, -0.2) is 0 Å². The summed E-state index contributed by atoms with van der Waals surface area (Å²) in [6.07, 6.45) is 19.7. The zero-order chi connectivity index (χ0) is 45.3. The van der Waals surface area contributed by atoms with Gasteiger partial charge < -0.3 is 40.2 Å². The zero-order valence-electron chi connectivity index (χ0n) is 37.9. The average molecular weight is 871 g/mol. The summed E-state index contributed by atoms with van der Waals surface area (Å²) in [7, 11) is 0. The smallest absolute Gasteiger partial charge is 0.200 e. The first kappa shape index (κ1) is 47.3. The molecule has 1 aliphatic rings. The first-order chi connectivity index (χ1) is 31.2. The molecule has 5 aromatic rings. The molecule has 1 aliphatic carbocycles. The van der Waals surface area contributed by atoms with Gasteiger partial charge in [-0.1, -0.05) is 116 Å². The van der Waals surface area contributed by atoms with Crippen LogP contribution < -0.4 is 30.0 Å². The summed E-state index contributed by atoms with van der Waals surface area (Å²) in [6.45, 7) is 7.78. The van der Waals surface area contributed by atoms with E-state index in [1.165, 1.54) is 62.6 Å². The normalized spacial score (nSPS) is 11.9.